The highest BCUT2D eigenvalue weighted by Crippen LogP contribution is 2.10. The Hall–Kier alpha value is -2.02. The summed E-state index contributed by atoms with van der Waals surface area (Å²) in [7, 11) is 0. The van der Waals surface area contributed by atoms with Gasteiger partial charge in [-0.3, -0.25) is 4.79 Å². The van der Waals surface area contributed by atoms with Gasteiger partial charge < -0.3 is 10.4 Å². The van der Waals surface area contributed by atoms with Gasteiger partial charge in [0, 0.05) is 6.04 Å². The van der Waals surface area contributed by atoms with Gasteiger partial charge in [-0.2, -0.15) is 5.26 Å². The second-order valence-corrected chi connectivity index (χ2v) is 3.88. The SMILES string of the molecule is CC[C@H](CC#N)NC(=O)Cc1ccc(O)cc1. The Morgan fingerprint density at radius 1 is 1.47 bits per heavy atom. The predicted molar refractivity (Wildman–Crippen MR) is 64.3 cm³/mol. The molecule has 4 nitrogen and oxygen atoms in total. The van der Waals surface area contributed by atoms with Crippen molar-refractivity contribution in [3.05, 3.63) is 29.8 Å². The number of benzene rings is 1. The number of nitrogens with zero attached hydrogens (tertiary/aromatic N) is 1. The summed E-state index contributed by atoms with van der Waals surface area (Å²) < 4.78 is 0. The lowest BCUT2D eigenvalue weighted by Crippen LogP contribution is -2.35. The topological polar surface area (TPSA) is 73.1 Å². The van der Waals surface area contributed by atoms with Crippen LogP contribution >= 0.6 is 0 Å². The fourth-order valence-corrected chi connectivity index (χ4v) is 1.49. The molecule has 0 radical (unpaired) electrons. The van der Waals surface area contributed by atoms with Crippen molar-refractivity contribution in [2.24, 2.45) is 0 Å². The molecule has 0 aromatic heterocycles. The van der Waals surface area contributed by atoms with Crippen LogP contribution in [0.3, 0.4) is 0 Å². The van der Waals surface area contributed by atoms with Gasteiger partial charge in [-0.15, -0.1) is 0 Å². The van der Waals surface area contributed by atoms with Gasteiger partial charge in [0.1, 0.15) is 5.75 Å². The van der Waals surface area contributed by atoms with Crippen molar-refractivity contribution in [2.45, 2.75) is 32.2 Å². The lowest BCUT2D eigenvalue weighted by molar-refractivity contribution is -0.121. The number of phenols is 1. The maximum atomic E-state index is 11.7. The van der Waals surface area contributed by atoms with E-state index in [1.807, 2.05) is 13.0 Å². The highest BCUT2D eigenvalue weighted by atomic mass is 16.3. The second kappa shape index (κ2) is 6.54. The summed E-state index contributed by atoms with van der Waals surface area (Å²) in [5, 5.41) is 20.5. The Bertz CT molecular complexity index is 406. The van der Waals surface area contributed by atoms with E-state index in [2.05, 4.69) is 5.32 Å². The molecule has 0 spiro atoms. The van der Waals surface area contributed by atoms with Crippen molar-refractivity contribution >= 4 is 5.91 Å². The zero-order chi connectivity index (χ0) is 12.7. The molecule has 1 aromatic rings. The number of amides is 1. The first kappa shape index (κ1) is 13.0. The molecule has 1 atom stereocenters. The van der Waals surface area contributed by atoms with E-state index in [0.29, 0.717) is 6.42 Å². The van der Waals surface area contributed by atoms with Crippen molar-refractivity contribution in [2.75, 3.05) is 0 Å². The van der Waals surface area contributed by atoms with E-state index in [4.69, 9.17) is 10.4 Å². The molecule has 90 valence electrons. The third-order valence-electron chi connectivity index (χ3n) is 2.50. The number of rotatable bonds is 5. The average Bonchev–Trinajstić information content (AvgIpc) is 2.31. The first-order valence-electron chi connectivity index (χ1n) is 5.60. The molecule has 0 saturated heterocycles. The van der Waals surface area contributed by atoms with Crippen LogP contribution in [0.15, 0.2) is 24.3 Å². The molecule has 1 rings (SSSR count). The summed E-state index contributed by atoms with van der Waals surface area (Å²) in [6.07, 6.45) is 1.34. The fraction of sp³-hybridized carbons (Fsp3) is 0.385. The minimum atomic E-state index is -0.0993. The monoisotopic (exact) mass is 232 g/mol. The van der Waals surface area contributed by atoms with E-state index in [9.17, 15) is 4.79 Å². The molecule has 1 amide bonds. The van der Waals surface area contributed by atoms with Gasteiger partial charge in [0.05, 0.1) is 18.9 Å². The van der Waals surface area contributed by atoms with Gasteiger partial charge in [0.25, 0.3) is 0 Å². The van der Waals surface area contributed by atoms with Gasteiger partial charge in [-0.1, -0.05) is 19.1 Å². The number of phenolic OH excluding ortho intramolecular Hbond substituents is 1. The third-order valence-corrected chi connectivity index (χ3v) is 2.50. The number of nitriles is 1. The standard InChI is InChI=1S/C13H16N2O2/c1-2-11(7-8-14)15-13(17)9-10-3-5-12(16)6-4-10/h3-6,11,16H,2,7,9H2,1H3,(H,15,17)/t11-/m1/s1. The smallest absolute Gasteiger partial charge is 0.224 e. The summed E-state index contributed by atoms with van der Waals surface area (Å²) >= 11 is 0. The molecule has 17 heavy (non-hydrogen) atoms. The number of carbonyl (C=O) groups is 1. The quantitative estimate of drug-likeness (QED) is 0.812. The molecule has 0 heterocycles. The molecule has 0 aliphatic heterocycles. The summed E-state index contributed by atoms with van der Waals surface area (Å²) in [5.41, 5.74) is 0.840. The maximum Gasteiger partial charge on any atom is 0.224 e. The van der Waals surface area contributed by atoms with Crippen LogP contribution in [0.25, 0.3) is 0 Å². The average molecular weight is 232 g/mol. The zero-order valence-corrected chi connectivity index (χ0v) is 9.81. The van der Waals surface area contributed by atoms with Crippen LogP contribution in [0.4, 0.5) is 0 Å². The highest BCUT2D eigenvalue weighted by molar-refractivity contribution is 5.78. The number of aromatic hydroxyl groups is 1. The van der Waals surface area contributed by atoms with E-state index in [1.54, 1.807) is 24.3 Å². The molecular formula is C13H16N2O2. The Morgan fingerprint density at radius 2 is 2.12 bits per heavy atom. The minimum Gasteiger partial charge on any atom is -0.508 e. The number of carbonyl (C=O) groups excluding carboxylic acids is 1. The lowest BCUT2D eigenvalue weighted by Gasteiger charge is -2.13. The maximum absolute atomic E-state index is 11.7. The molecule has 0 bridgehead atoms. The van der Waals surface area contributed by atoms with Gasteiger partial charge in [0.15, 0.2) is 0 Å². The Labute approximate surface area is 101 Å². The largest absolute Gasteiger partial charge is 0.508 e. The molecule has 0 unspecified atom stereocenters. The Balaban J connectivity index is 2.49. The van der Waals surface area contributed by atoms with Gasteiger partial charge in [0.2, 0.25) is 5.91 Å². The van der Waals surface area contributed by atoms with Crippen molar-refractivity contribution < 1.29 is 9.90 Å². The van der Waals surface area contributed by atoms with Crippen LogP contribution < -0.4 is 5.32 Å². The Kier molecular flexibility index (Phi) is 5.02. The number of nitrogens with one attached hydrogen (secondary N) is 1. The second-order valence-electron chi connectivity index (χ2n) is 3.88. The molecule has 1 aromatic carbocycles. The fourth-order valence-electron chi connectivity index (χ4n) is 1.49. The predicted octanol–water partition coefficient (Wildman–Crippen LogP) is 1.74. The van der Waals surface area contributed by atoms with E-state index in [-0.39, 0.29) is 24.1 Å². The van der Waals surface area contributed by atoms with Crippen molar-refractivity contribution in [1.29, 1.82) is 5.26 Å². The third kappa shape index (κ3) is 4.56. The molecular weight excluding hydrogens is 216 g/mol. The molecule has 0 aliphatic carbocycles. The van der Waals surface area contributed by atoms with E-state index < -0.39 is 0 Å². The molecule has 2 N–H and O–H groups in total. The van der Waals surface area contributed by atoms with Crippen molar-refractivity contribution in [3.8, 4) is 11.8 Å². The summed E-state index contributed by atoms with van der Waals surface area (Å²) in [4.78, 5) is 11.7. The molecule has 4 heteroatoms. The molecule has 0 aliphatic rings. The molecule has 0 saturated carbocycles. The summed E-state index contributed by atoms with van der Waals surface area (Å²) in [5.74, 6) is 0.0860. The van der Waals surface area contributed by atoms with Gasteiger partial charge in [-0.05, 0) is 24.1 Å². The van der Waals surface area contributed by atoms with E-state index in [0.717, 1.165) is 12.0 Å². The number of hydrogen-bond donors (Lipinski definition) is 2. The summed E-state index contributed by atoms with van der Waals surface area (Å²) in [6.45, 7) is 1.93. The normalized spacial score (nSPS) is 11.5. The number of hydrogen-bond acceptors (Lipinski definition) is 3. The zero-order valence-electron chi connectivity index (χ0n) is 9.81. The highest BCUT2D eigenvalue weighted by Gasteiger charge is 2.10. The van der Waals surface area contributed by atoms with E-state index in [1.165, 1.54) is 0 Å². The van der Waals surface area contributed by atoms with Crippen LogP contribution in [0.2, 0.25) is 0 Å². The van der Waals surface area contributed by atoms with Crippen LogP contribution in [-0.4, -0.2) is 17.1 Å². The Morgan fingerprint density at radius 3 is 2.65 bits per heavy atom. The van der Waals surface area contributed by atoms with Crippen LogP contribution in [0.5, 0.6) is 5.75 Å². The van der Waals surface area contributed by atoms with Crippen molar-refractivity contribution in [1.82, 2.24) is 5.32 Å². The minimum absolute atomic E-state index is 0.0791. The van der Waals surface area contributed by atoms with Crippen LogP contribution in [0.1, 0.15) is 25.3 Å². The van der Waals surface area contributed by atoms with Gasteiger partial charge in [-0.25, -0.2) is 0 Å². The lowest BCUT2D eigenvalue weighted by atomic mass is 10.1. The first-order chi connectivity index (χ1) is 8.15. The van der Waals surface area contributed by atoms with Crippen LogP contribution in [-0.2, 0) is 11.2 Å². The first-order valence-corrected chi connectivity index (χ1v) is 5.60. The molecule has 0 fully saturated rings. The van der Waals surface area contributed by atoms with Crippen LogP contribution in [0, 0.1) is 11.3 Å². The van der Waals surface area contributed by atoms with Crippen molar-refractivity contribution in [3.63, 3.8) is 0 Å². The van der Waals surface area contributed by atoms with E-state index >= 15 is 0 Å². The van der Waals surface area contributed by atoms with Gasteiger partial charge >= 0.3 is 0 Å². The summed E-state index contributed by atoms with van der Waals surface area (Å²) in [6, 6.07) is 8.49.